The summed E-state index contributed by atoms with van der Waals surface area (Å²) >= 11 is 1.87. The minimum absolute atomic E-state index is 0.957. The molecule has 0 atom stereocenters. The maximum atomic E-state index is 4.30. The van der Waals surface area contributed by atoms with Crippen molar-refractivity contribution in [1.29, 1.82) is 0 Å². The summed E-state index contributed by atoms with van der Waals surface area (Å²) in [6.45, 7) is 1.99. The van der Waals surface area contributed by atoms with Gasteiger partial charge in [-0.2, -0.15) is 0 Å². The van der Waals surface area contributed by atoms with Crippen molar-refractivity contribution >= 4 is 11.3 Å². The molecule has 0 unspecified atom stereocenters. The molecule has 0 bridgehead atoms. The molecule has 1 aliphatic heterocycles. The van der Waals surface area contributed by atoms with Crippen LogP contribution in [0.5, 0.6) is 0 Å². The Labute approximate surface area is 58.7 Å². The summed E-state index contributed by atoms with van der Waals surface area (Å²) in [7, 11) is 0. The first-order valence-corrected chi connectivity index (χ1v) is 4.03. The maximum absolute atomic E-state index is 4.30. The van der Waals surface area contributed by atoms with Crippen LogP contribution in [0.3, 0.4) is 0 Å². The van der Waals surface area contributed by atoms with E-state index in [4.69, 9.17) is 0 Å². The van der Waals surface area contributed by atoms with Crippen molar-refractivity contribution in [1.82, 2.24) is 5.32 Å². The van der Waals surface area contributed by atoms with E-state index >= 15 is 0 Å². The van der Waals surface area contributed by atoms with E-state index in [0.717, 1.165) is 13.1 Å². The van der Waals surface area contributed by atoms with Crippen LogP contribution < -0.4 is 5.32 Å². The maximum Gasteiger partial charge on any atom is 0.0395 e. The average molecular weight is 138 g/mol. The van der Waals surface area contributed by atoms with Gasteiger partial charge in [0.1, 0.15) is 0 Å². The van der Waals surface area contributed by atoms with Crippen LogP contribution in [0.4, 0.5) is 0 Å². The molecule has 0 aromatic carbocycles. The molecular formula is C7H8NS. The third-order valence-electron chi connectivity index (χ3n) is 1.62. The molecule has 0 amide bonds. The molecule has 0 fully saturated rings. The molecule has 1 radical (unpaired) electrons. The zero-order chi connectivity index (χ0) is 6.10. The van der Waals surface area contributed by atoms with Crippen molar-refractivity contribution in [2.24, 2.45) is 0 Å². The van der Waals surface area contributed by atoms with Crippen molar-refractivity contribution in [2.75, 3.05) is 6.54 Å². The van der Waals surface area contributed by atoms with Crippen LogP contribution >= 0.6 is 11.3 Å². The molecule has 2 heterocycles. The van der Waals surface area contributed by atoms with Crippen LogP contribution in [-0.2, 0) is 13.0 Å². The van der Waals surface area contributed by atoms with E-state index in [1.54, 1.807) is 4.88 Å². The molecule has 0 aliphatic carbocycles. The first-order chi connectivity index (χ1) is 4.47. The smallest absolute Gasteiger partial charge is 0.0395 e. The predicted molar refractivity (Wildman–Crippen MR) is 38.7 cm³/mol. The Morgan fingerprint density at radius 1 is 1.56 bits per heavy atom. The van der Waals surface area contributed by atoms with Crippen LogP contribution in [0.2, 0.25) is 0 Å². The van der Waals surface area contributed by atoms with Gasteiger partial charge in [-0.25, -0.2) is 5.32 Å². The van der Waals surface area contributed by atoms with E-state index in [2.05, 4.69) is 16.8 Å². The third kappa shape index (κ3) is 0.884. The summed E-state index contributed by atoms with van der Waals surface area (Å²) in [5.41, 5.74) is 1.45. The molecule has 0 spiro atoms. The van der Waals surface area contributed by atoms with Gasteiger partial charge in [0.2, 0.25) is 0 Å². The highest BCUT2D eigenvalue weighted by molar-refractivity contribution is 7.10. The molecule has 0 saturated carbocycles. The van der Waals surface area contributed by atoms with Crippen molar-refractivity contribution in [3.8, 4) is 0 Å². The fourth-order valence-corrected chi connectivity index (χ4v) is 2.00. The lowest BCUT2D eigenvalue weighted by Gasteiger charge is -2.09. The summed E-state index contributed by atoms with van der Waals surface area (Å²) in [4.78, 5) is 1.55. The summed E-state index contributed by atoms with van der Waals surface area (Å²) < 4.78 is 0. The normalized spacial score (nSPS) is 17.3. The van der Waals surface area contributed by atoms with Crippen molar-refractivity contribution in [3.63, 3.8) is 0 Å². The number of fused-ring (bicyclic) bond motifs is 1. The Balaban J connectivity index is 2.39. The van der Waals surface area contributed by atoms with E-state index in [-0.39, 0.29) is 0 Å². The molecule has 1 nitrogen and oxygen atoms in total. The van der Waals surface area contributed by atoms with E-state index in [1.165, 1.54) is 12.0 Å². The first kappa shape index (κ1) is 5.45. The third-order valence-corrected chi connectivity index (χ3v) is 2.64. The minimum Gasteiger partial charge on any atom is -0.237 e. The van der Waals surface area contributed by atoms with Crippen LogP contribution in [0.15, 0.2) is 11.4 Å². The van der Waals surface area contributed by atoms with E-state index in [1.807, 2.05) is 11.3 Å². The van der Waals surface area contributed by atoms with E-state index < -0.39 is 0 Å². The van der Waals surface area contributed by atoms with Gasteiger partial charge in [-0.1, -0.05) is 0 Å². The molecular weight excluding hydrogens is 130 g/mol. The second-order valence-electron chi connectivity index (χ2n) is 2.22. The second-order valence-corrected chi connectivity index (χ2v) is 3.23. The zero-order valence-electron chi connectivity index (χ0n) is 5.13. The Hall–Kier alpha value is -0.340. The van der Waals surface area contributed by atoms with Gasteiger partial charge in [0.25, 0.3) is 0 Å². The first-order valence-electron chi connectivity index (χ1n) is 3.15. The van der Waals surface area contributed by atoms with Crippen LogP contribution in [-0.4, -0.2) is 6.54 Å². The molecule has 2 rings (SSSR count). The standard InChI is InChI=1S/C7H8NS/c1-3-8-5-6-2-4-9-7(1)6/h2,4H,1,3,5H2. The number of nitrogens with zero attached hydrogens (tertiary/aromatic N) is 1. The van der Waals surface area contributed by atoms with Gasteiger partial charge < -0.3 is 0 Å². The highest BCUT2D eigenvalue weighted by atomic mass is 32.1. The lowest BCUT2D eigenvalue weighted by Crippen LogP contribution is -2.14. The largest absolute Gasteiger partial charge is 0.237 e. The fourth-order valence-electron chi connectivity index (χ4n) is 1.11. The SMILES string of the molecule is c1cc2c(s1)CC[N]C2. The van der Waals surface area contributed by atoms with Gasteiger partial charge in [-0.05, 0) is 23.4 Å². The van der Waals surface area contributed by atoms with Crippen molar-refractivity contribution in [2.45, 2.75) is 13.0 Å². The summed E-state index contributed by atoms with van der Waals surface area (Å²) in [5.74, 6) is 0. The molecule has 9 heavy (non-hydrogen) atoms. The highest BCUT2D eigenvalue weighted by Gasteiger charge is 2.08. The number of hydrogen-bond acceptors (Lipinski definition) is 1. The second kappa shape index (κ2) is 2.12. The van der Waals surface area contributed by atoms with E-state index in [0.29, 0.717) is 0 Å². The minimum atomic E-state index is 0.957. The Kier molecular flexibility index (Phi) is 1.28. The lowest BCUT2D eigenvalue weighted by molar-refractivity contribution is 0.639. The topological polar surface area (TPSA) is 14.1 Å². The molecule has 0 saturated heterocycles. The lowest BCUT2D eigenvalue weighted by atomic mass is 10.1. The Morgan fingerprint density at radius 3 is 3.44 bits per heavy atom. The Bertz CT molecular complexity index is 184. The van der Waals surface area contributed by atoms with Gasteiger partial charge >= 0.3 is 0 Å². The highest BCUT2D eigenvalue weighted by Crippen LogP contribution is 2.19. The summed E-state index contributed by atoms with van der Waals surface area (Å²) in [6.07, 6.45) is 1.17. The zero-order valence-corrected chi connectivity index (χ0v) is 5.95. The van der Waals surface area contributed by atoms with Gasteiger partial charge in [-0.3, -0.25) is 0 Å². The van der Waals surface area contributed by atoms with Crippen molar-refractivity contribution in [3.05, 3.63) is 21.9 Å². The number of rotatable bonds is 0. The molecule has 1 aromatic heterocycles. The molecule has 1 aliphatic rings. The molecule has 47 valence electrons. The summed E-state index contributed by atoms with van der Waals surface area (Å²) in [6, 6.07) is 2.18. The van der Waals surface area contributed by atoms with Gasteiger partial charge in [0.05, 0.1) is 0 Å². The molecule has 1 aromatic rings. The number of hydrogen-bond donors (Lipinski definition) is 0. The van der Waals surface area contributed by atoms with Crippen LogP contribution in [0.1, 0.15) is 10.4 Å². The molecule has 0 N–H and O–H groups in total. The van der Waals surface area contributed by atoms with Crippen LogP contribution in [0, 0.1) is 0 Å². The summed E-state index contributed by atoms with van der Waals surface area (Å²) in [5, 5.41) is 6.46. The number of thiophene rings is 1. The van der Waals surface area contributed by atoms with Crippen LogP contribution in [0.25, 0.3) is 0 Å². The average Bonchev–Trinajstić information content (AvgIpc) is 2.33. The van der Waals surface area contributed by atoms with Gasteiger partial charge in [0, 0.05) is 18.0 Å². The molecule has 2 heteroatoms. The van der Waals surface area contributed by atoms with E-state index in [9.17, 15) is 0 Å². The van der Waals surface area contributed by atoms with Crippen molar-refractivity contribution < 1.29 is 0 Å². The monoisotopic (exact) mass is 138 g/mol. The quantitative estimate of drug-likeness (QED) is 0.514. The predicted octanol–water partition coefficient (Wildman–Crippen LogP) is 1.41. The van der Waals surface area contributed by atoms with Gasteiger partial charge in [-0.15, -0.1) is 11.3 Å². The van der Waals surface area contributed by atoms with Gasteiger partial charge in [0.15, 0.2) is 0 Å². The fraction of sp³-hybridized carbons (Fsp3) is 0.429. The Morgan fingerprint density at radius 2 is 2.56 bits per heavy atom.